The van der Waals surface area contributed by atoms with Crippen molar-refractivity contribution in [3.8, 4) is 5.75 Å². The first kappa shape index (κ1) is 17.9. The first-order chi connectivity index (χ1) is 11.6. The molecule has 0 unspecified atom stereocenters. The number of carbonyl (C=O) groups is 2. The minimum absolute atomic E-state index is 0.158. The lowest BCUT2D eigenvalue weighted by atomic mass is 10.2. The van der Waals surface area contributed by atoms with Crippen LogP contribution in [0.4, 0.5) is 5.69 Å². The summed E-state index contributed by atoms with van der Waals surface area (Å²) in [7, 11) is 1.53. The highest BCUT2D eigenvalue weighted by molar-refractivity contribution is 8.00. The Labute approximate surface area is 145 Å². The molecule has 2 aromatic rings. The van der Waals surface area contributed by atoms with Crippen molar-refractivity contribution >= 4 is 29.3 Å². The number of ether oxygens (including phenoxy) is 2. The van der Waals surface area contributed by atoms with Crippen LogP contribution in [0, 0.1) is 6.92 Å². The van der Waals surface area contributed by atoms with Crippen molar-refractivity contribution < 1.29 is 19.1 Å². The summed E-state index contributed by atoms with van der Waals surface area (Å²) in [6.45, 7) is 1.58. The number of thioether (sulfide) groups is 1. The minimum atomic E-state index is -0.435. The SMILES string of the molecule is COc1ccc(C)cc1NC(=O)COC(=O)CSc1ccccc1. The second-order valence-electron chi connectivity index (χ2n) is 5.01. The predicted molar refractivity (Wildman–Crippen MR) is 94.5 cm³/mol. The number of esters is 1. The predicted octanol–water partition coefficient (Wildman–Crippen LogP) is 3.28. The van der Waals surface area contributed by atoms with Crippen molar-refractivity contribution in [2.24, 2.45) is 0 Å². The van der Waals surface area contributed by atoms with E-state index in [2.05, 4.69) is 5.32 Å². The lowest BCUT2D eigenvalue weighted by Gasteiger charge is -2.11. The van der Waals surface area contributed by atoms with Crippen LogP contribution in [0.3, 0.4) is 0 Å². The van der Waals surface area contributed by atoms with E-state index in [4.69, 9.17) is 9.47 Å². The van der Waals surface area contributed by atoms with Crippen LogP contribution >= 0.6 is 11.8 Å². The van der Waals surface area contributed by atoms with Crippen LogP contribution in [0.1, 0.15) is 5.56 Å². The van der Waals surface area contributed by atoms with Gasteiger partial charge >= 0.3 is 5.97 Å². The van der Waals surface area contributed by atoms with E-state index < -0.39 is 11.9 Å². The Morgan fingerprint density at radius 3 is 2.58 bits per heavy atom. The average Bonchev–Trinajstić information content (AvgIpc) is 2.59. The van der Waals surface area contributed by atoms with Crippen molar-refractivity contribution in [3.63, 3.8) is 0 Å². The second-order valence-corrected chi connectivity index (χ2v) is 6.06. The Kier molecular flexibility index (Phi) is 6.69. The van der Waals surface area contributed by atoms with E-state index in [1.165, 1.54) is 18.9 Å². The number of nitrogens with one attached hydrogen (secondary N) is 1. The summed E-state index contributed by atoms with van der Waals surface area (Å²) in [4.78, 5) is 24.6. The summed E-state index contributed by atoms with van der Waals surface area (Å²) in [6.07, 6.45) is 0. The van der Waals surface area contributed by atoms with Crippen LogP contribution in [0.25, 0.3) is 0 Å². The maximum Gasteiger partial charge on any atom is 0.316 e. The topological polar surface area (TPSA) is 64.6 Å². The van der Waals surface area contributed by atoms with E-state index >= 15 is 0 Å². The van der Waals surface area contributed by atoms with Gasteiger partial charge in [0, 0.05) is 4.90 Å². The monoisotopic (exact) mass is 345 g/mol. The van der Waals surface area contributed by atoms with Crippen molar-refractivity contribution in [2.75, 3.05) is 24.8 Å². The molecule has 0 aliphatic rings. The Morgan fingerprint density at radius 2 is 1.88 bits per heavy atom. The van der Waals surface area contributed by atoms with Gasteiger partial charge in [-0.2, -0.15) is 0 Å². The van der Waals surface area contributed by atoms with E-state index in [9.17, 15) is 9.59 Å². The molecule has 0 aliphatic carbocycles. The Balaban J connectivity index is 1.78. The Hall–Kier alpha value is -2.47. The quantitative estimate of drug-likeness (QED) is 0.616. The molecule has 5 nitrogen and oxygen atoms in total. The maximum absolute atomic E-state index is 11.9. The zero-order valence-electron chi connectivity index (χ0n) is 13.6. The highest BCUT2D eigenvalue weighted by Crippen LogP contribution is 2.25. The van der Waals surface area contributed by atoms with Crippen LogP contribution in [0.2, 0.25) is 0 Å². The van der Waals surface area contributed by atoms with Crippen LogP contribution in [0.5, 0.6) is 5.75 Å². The Bertz CT molecular complexity index is 703. The molecule has 0 fully saturated rings. The van der Waals surface area contributed by atoms with Crippen LogP contribution in [-0.4, -0.2) is 31.3 Å². The molecule has 1 amide bonds. The fourth-order valence-electron chi connectivity index (χ4n) is 1.95. The van der Waals surface area contributed by atoms with E-state index in [1.807, 2.05) is 43.3 Å². The summed E-state index contributed by atoms with van der Waals surface area (Å²) in [5, 5.41) is 2.68. The number of benzene rings is 2. The van der Waals surface area contributed by atoms with Gasteiger partial charge in [0.25, 0.3) is 5.91 Å². The molecule has 0 spiro atoms. The van der Waals surface area contributed by atoms with Crippen molar-refractivity contribution in [1.82, 2.24) is 0 Å². The molecule has 1 N–H and O–H groups in total. The maximum atomic E-state index is 11.9. The van der Waals surface area contributed by atoms with Gasteiger partial charge in [-0.05, 0) is 36.8 Å². The number of hydrogen-bond donors (Lipinski definition) is 1. The van der Waals surface area contributed by atoms with Gasteiger partial charge in [-0.15, -0.1) is 11.8 Å². The molecule has 24 heavy (non-hydrogen) atoms. The van der Waals surface area contributed by atoms with Gasteiger partial charge in [0.05, 0.1) is 18.6 Å². The minimum Gasteiger partial charge on any atom is -0.495 e. The summed E-state index contributed by atoms with van der Waals surface area (Å²) in [5.41, 5.74) is 1.54. The van der Waals surface area contributed by atoms with E-state index in [0.717, 1.165) is 10.5 Å². The number of anilines is 1. The molecule has 0 saturated heterocycles. The summed E-state index contributed by atoms with van der Waals surface area (Å²) >= 11 is 1.37. The van der Waals surface area contributed by atoms with E-state index in [0.29, 0.717) is 11.4 Å². The zero-order valence-corrected chi connectivity index (χ0v) is 14.4. The van der Waals surface area contributed by atoms with Crippen molar-refractivity contribution in [1.29, 1.82) is 0 Å². The molecular formula is C18H19NO4S. The average molecular weight is 345 g/mol. The largest absolute Gasteiger partial charge is 0.495 e. The molecule has 0 aromatic heterocycles. The highest BCUT2D eigenvalue weighted by Gasteiger charge is 2.11. The first-order valence-electron chi connectivity index (χ1n) is 7.36. The molecular weight excluding hydrogens is 326 g/mol. The molecule has 126 valence electrons. The van der Waals surface area contributed by atoms with Gasteiger partial charge in [0.1, 0.15) is 5.75 Å². The normalized spacial score (nSPS) is 10.1. The third-order valence-corrected chi connectivity index (χ3v) is 4.08. The number of amides is 1. The summed E-state index contributed by atoms with van der Waals surface area (Å²) in [5.74, 6) is -0.127. The molecule has 6 heteroatoms. The second kappa shape index (κ2) is 8.98. The van der Waals surface area contributed by atoms with Crippen molar-refractivity contribution in [2.45, 2.75) is 11.8 Å². The van der Waals surface area contributed by atoms with Crippen LogP contribution < -0.4 is 10.1 Å². The summed E-state index contributed by atoms with van der Waals surface area (Å²) in [6, 6.07) is 15.0. The van der Waals surface area contributed by atoms with Gasteiger partial charge in [-0.1, -0.05) is 24.3 Å². The van der Waals surface area contributed by atoms with Gasteiger partial charge in [-0.25, -0.2) is 0 Å². The molecule has 2 rings (SSSR count). The number of methoxy groups -OCH3 is 1. The first-order valence-corrected chi connectivity index (χ1v) is 8.35. The van der Waals surface area contributed by atoms with E-state index in [1.54, 1.807) is 12.1 Å². The number of carbonyl (C=O) groups excluding carboxylic acids is 2. The molecule has 0 heterocycles. The molecule has 0 atom stereocenters. The molecule has 0 radical (unpaired) electrons. The summed E-state index contributed by atoms with van der Waals surface area (Å²) < 4.78 is 10.2. The third-order valence-electron chi connectivity index (χ3n) is 3.09. The van der Waals surface area contributed by atoms with Gasteiger partial charge in [-0.3, -0.25) is 9.59 Å². The molecule has 0 aliphatic heterocycles. The fraction of sp³-hybridized carbons (Fsp3) is 0.222. The number of hydrogen-bond acceptors (Lipinski definition) is 5. The number of aryl methyl sites for hydroxylation is 1. The van der Waals surface area contributed by atoms with Gasteiger partial charge < -0.3 is 14.8 Å². The smallest absolute Gasteiger partial charge is 0.316 e. The molecule has 2 aromatic carbocycles. The van der Waals surface area contributed by atoms with E-state index in [-0.39, 0.29) is 12.4 Å². The zero-order chi connectivity index (χ0) is 17.4. The lowest BCUT2D eigenvalue weighted by Crippen LogP contribution is -2.22. The van der Waals surface area contributed by atoms with Crippen LogP contribution in [-0.2, 0) is 14.3 Å². The fourth-order valence-corrected chi connectivity index (χ4v) is 2.67. The third kappa shape index (κ3) is 5.62. The number of rotatable bonds is 7. The Morgan fingerprint density at radius 1 is 1.12 bits per heavy atom. The molecule has 0 bridgehead atoms. The van der Waals surface area contributed by atoms with Crippen molar-refractivity contribution in [3.05, 3.63) is 54.1 Å². The standard InChI is InChI=1S/C18H19NO4S/c1-13-8-9-16(22-2)15(10-13)19-17(20)11-23-18(21)12-24-14-6-4-3-5-7-14/h3-10H,11-12H2,1-2H3,(H,19,20). The highest BCUT2D eigenvalue weighted by atomic mass is 32.2. The van der Waals surface area contributed by atoms with Crippen LogP contribution in [0.15, 0.2) is 53.4 Å². The van der Waals surface area contributed by atoms with Gasteiger partial charge in [0.2, 0.25) is 0 Å². The molecule has 0 saturated carbocycles. The lowest BCUT2D eigenvalue weighted by molar-refractivity contribution is -0.144. The van der Waals surface area contributed by atoms with Gasteiger partial charge in [0.15, 0.2) is 6.61 Å².